The molecule has 3 aromatic heterocycles. The smallest absolute Gasteiger partial charge is 0.264 e. The summed E-state index contributed by atoms with van der Waals surface area (Å²) in [5.41, 5.74) is 2.97. The first kappa shape index (κ1) is 20.4. The molecule has 0 saturated carbocycles. The molecule has 5 aromatic rings. The number of carbonyl (C=O) groups is 1. The lowest BCUT2D eigenvalue weighted by atomic mass is 10.2. The van der Waals surface area contributed by atoms with Gasteiger partial charge < -0.3 is 9.88 Å². The number of nitrogens with one attached hydrogen (secondary N) is 1. The van der Waals surface area contributed by atoms with Crippen molar-refractivity contribution < 1.29 is 4.79 Å². The van der Waals surface area contributed by atoms with Crippen LogP contribution in [0.15, 0.2) is 96.4 Å². The van der Waals surface area contributed by atoms with Gasteiger partial charge in [-0.15, -0.1) is 0 Å². The number of nitrogens with zero attached hydrogens (tertiary/aromatic N) is 5. The maximum atomic E-state index is 12.8. The highest BCUT2D eigenvalue weighted by Gasteiger charge is 2.11. The summed E-state index contributed by atoms with van der Waals surface area (Å²) < 4.78 is 5.19. The standard InChI is InChI=1S/C25H22N6O2/c32-24(20-8-10-21(11-9-20)29-13-4-5-14-29)26-12-15-31-23-22(16-28-31)25(33)30(18-27-23)17-19-6-2-1-3-7-19/h1-11,13-14,16,18H,12,15,17H2,(H,26,32). The molecule has 8 heteroatoms. The molecule has 164 valence electrons. The molecule has 0 spiro atoms. The van der Waals surface area contributed by atoms with Crippen molar-refractivity contribution in [3.8, 4) is 5.69 Å². The third kappa shape index (κ3) is 4.31. The highest BCUT2D eigenvalue weighted by atomic mass is 16.1. The first-order valence-corrected chi connectivity index (χ1v) is 10.7. The minimum Gasteiger partial charge on any atom is -0.350 e. The number of aromatic nitrogens is 5. The average Bonchev–Trinajstić information content (AvgIpc) is 3.53. The number of hydrogen-bond donors (Lipinski definition) is 1. The van der Waals surface area contributed by atoms with Gasteiger partial charge in [-0.2, -0.15) is 5.10 Å². The highest BCUT2D eigenvalue weighted by molar-refractivity contribution is 5.94. The van der Waals surface area contributed by atoms with Gasteiger partial charge in [0.05, 0.1) is 19.3 Å². The molecule has 3 heterocycles. The molecule has 0 aliphatic heterocycles. The van der Waals surface area contributed by atoms with Crippen LogP contribution < -0.4 is 10.9 Å². The molecule has 0 bridgehead atoms. The van der Waals surface area contributed by atoms with Crippen LogP contribution in [-0.4, -0.2) is 36.4 Å². The van der Waals surface area contributed by atoms with Crippen molar-refractivity contribution in [2.24, 2.45) is 0 Å². The van der Waals surface area contributed by atoms with Gasteiger partial charge in [0.1, 0.15) is 11.7 Å². The predicted molar refractivity (Wildman–Crippen MR) is 125 cm³/mol. The van der Waals surface area contributed by atoms with E-state index in [4.69, 9.17) is 0 Å². The first-order chi connectivity index (χ1) is 16.2. The lowest BCUT2D eigenvalue weighted by molar-refractivity contribution is 0.0952. The molecular formula is C25H22N6O2. The molecule has 33 heavy (non-hydrogen) atoms. The largest absolute Gasteiger partial charge is 0.350 e. The van der Waals surface area contributed by atoms with Crippen molar-refractivity contribution in [2.75, 3.05) is 6.54 Å². The van der Waals surface area contributed by atoms with Crippen LogP contribution in [-0.2, 0) is 13.1 Å². The Morgan fingerprint density at radius 3 is 2.45 bits per heavy atom. The molecule has 0 unspecified atom stereocenters. The van der Waals surface area contributed by atoms with Gasteiger partial charge in [0.2, 0.25) is 0 Å². The Morgan fingerprint density at radius 1 is 0.939 bits per heavy atom. The lowest BCUT2D eigenvalue weighted by Gasteiger charge is -2.08. The third-order valence-electron chi connectivity index (χ3n) is 5.46. The Morgan fingerprint density at radius 2 is 1.70 bits per heavy atom. The zero-order valence-corrected chi connectivity index (χ0v) is 17.8. The first-order valence-electron chi connectivity index (χ1n) is 10.7. The van der Waals surface area contributed by atoms with E-state index >= 15 is 0 Å². The fraction of sp³-hybridized carbons (Fsp3) is 0.120. The Hall–Kier alpha value is -4.46. The van der Waals surface area contributed by atoms with Crippen LogP contribution in [0, 0.1) is 0 Å². The van der Waals surface area contributed by atoms with E-state index in [-0.39, 0.29) is 11.5 Å². The topological polar surface area (TPSA) is 86.7 Å². The number of amides is 1. The molecular weight excluding hydrogens is 416 g/mol. The van der Waals surface area contributed by atoms with E-state index in [1.807, 2.05) is 71.6 Å². The molecule has 8 nitrogen and oxygen atoms in total. The minimum atomic E-state index is -0.163. The summed E-state index contributed by atoms with van der Waals surface area (Å²) in [5.74, 6) is -0.163. The van der Waals surface area contributed by atoms with Gasteiger partial charge in [0.25, 0.3) is 11.5 Å². The summed E-state index contributed by atoms with van der Waals surface area (Å²) >= 11 is 0. The minimum absolute atomic E-state index is 0.137. The second-order valence-electron chi connectivity index (χ2n) is 7.66. The monoisotopic (exact) mass is 438 g/mol. The number of hydrogen-bond acceptors (Lipinski definition) is 4. The predicted octanol–water partition coefficient (Wildman–Crippen LogP) is 2.86. The van der Waals surface area contributed by atoms with Gasteiger partial charge >= 0.3 is 0 Å². The number of fused-ring (bicyclic) bond motifs is 1. The van der Waals surface area contributed by atoms with Crippen molar-refractivity contribution >= 4 is 16.9 Å². The van der Waals surface area contributed by atoms with Crippen LogP contribution >= 0.6 is 0 Å². The van der Waals surface area contributed by atoms with Gasteiger partial charge in [0, 0.05) is 30.2 Å². The molecule has 0 aliphatic carbocycles. The summed E-state index contributed by atoms with van der Waals surface area (Å²) in [6, 6.07) is 21.1. The SMILES string of the molecule is O=C(NCCn1ncc2c(=O)n(Cc3ccccc3)cnc21)c1ccc(-n2cccc2)cc1. The summed E-state index contributed by atoms with van der Waals surface area (Å²) in [5, 5.41) is 7.66. The highest BCUT2D eigenvalue weighted by Crippen LogP contribution is 2.10. The van der Waals surface area contributed by atoms with Gasteiger partial charge in [-0.05, 0) is 42.0 Å². The number of carbonyl (C=O) groups excluding carboxylic acids is 1. The fourth-order valence-electron chi connectivity index (χ4n) is 3.72. The molecule has 0 radical (unpaired) electrons. The fourth-order valence-corrected chi connectivity index (χ4v) is 3.72. The molecule has 1 amide bonds. The van der Waals surface area contributed by atoms with Crippen molar-refractivity contribution in [3.63, 3.8) is 0 Å². The molecule has 0 fully saturated rings. The van der Waals surface area contributed by atoms with E-state index < -0.39 is 0 Å². The summed E-state index contributed by atoms with van der Waals surface area (Å²) in [6.45, 7) is 1.22. The van der Waals surface area contributed by atoms with Crippen molar-refractivity contribution in [3.05, 3.63) is 113 Å². The van der Waals surface area contributed by atoms with Crippen molar-refractivity contribution in [1.82, 2.24) is 29.2 Å². The van der Waals surface area contributed by atoms with Gasteiger partial charge in [-0.1, -0.05) is 30.3 Å². The van der Waals surface area contributed by atoms with Crippen LogP contribution in [0.5, 0.6) is 0 Å². The van der Waals surface area contributed by atoms with E-state index in [0.717, 1.165) is 11.3 Å². The molecule has 5 rings (SSSR count). The summed E-state index contributed by atoms with van der Waals surface area (Å²) in [4.78, 5) is 29.8. The maximum absolute atomic E-state index is 12.8. The van der Waals surface area contributed by atoms with E-state index in [1.165, 1.54) is 6.20 Å². The van der Waals surface area contributed by atoms with Crippen LogP contribution in [0.4, 0.5) is 0 Å². The second kappa shape index (κ2) is 8.96. The van der Waals surface area contributed by atoms with Gasteiger partial charge in [-0.3, -0.25) is 14.2 Å². The average molecular weight is 438 g/mol. The third-order valence-corrected chi connectivity index (χ3v) is 5.46. The van der Waals surface area contributed by atoms with E-state index in [0.29, 0.717) is 36.2 Å². The molecule has 0 atom stereocenters. The van der Waals surface area contributed by atoms with Crippen LogP contribution in [0.3, 0.4) is 0 Å². The van der Waals surface area contributed by atoms with Crippen LogP contribution in [0.25, 0.3) is 16.7 Å². The summed E-state index contributed by atoms with van der Waals surface area (Å²) in [6.07, 6.45) is 6.98. The van der Waals surface area contributed by atoms with E-state index in [2.05, 4.69) is 15.4 Å². The van der Waals surface area contributed by atoms with Crippen LogP contribution in [0.1, 0.15) is 15.9 Å². The zero-order chi connectivity index (χ0) is 22.6. The Labute approximate surface area is 189 Å². The van der Waals surface area contributed by atoms with E-state index in [9.17, 15) is 9.59 Å². The Balaban J connectivity index is 1.23. The van der Waals surface area contributed by atoms with Gasteiger partial charge in [-0.25, -0.2) is 9.67 Å². The zero-order valence-electron chi connectivity index (χ0n) is 17.8. The Kier molecular flexibility index (Phi) is 5.55. The molecule has 0 saturated heterocycles. The van der Waals surface area contributed by atoms with Crippen LogP contribution in [0.2, 0.25) is 0 Å². The van der Waals surface area contributed by atoms with Crippen molar-refractivity contribution in [1.29, 1.82) is 0 Å². The molecule has 2 aromatic carbocycles. The van der Waals surface area contributed by atoms with E-state index in [1.54, 1.807) is 27.7 Å². The Bertz CT molecular complexity index is 1430. The maximum Gasteiger partial charge on any atom is 0.264 e. The lowest BCUT2D eigenvalue weighted by Crippen LogP contribution is -2.27. The quantitative estimate of drug-likeness (QED) is 0.423. The normalized spacial score (nSPS) is 11.0. The second-order valence-corrected chi connectivity index (χ2v) is 7.66. The summed E-state index contributed by atoms with van der Waals surface area (Å²) in [7, 11) is 0. The van der Waals surface area contributed by atoms with Gasteiger partial charge in [0.15, 0.2) is 5.65 Å². The molecule has 1 N–H and O–H groups in total. The number of benzene rings is 2. The van der Waals surface area contributed by atoms with Crippen molar-refractivity contribution in [2.45, 2.75) is 13.1 Å². The molecule has 0 aliphatic rings. The number of rotatable bonds is 7.